The number of alkyl halides is 3. The highest BCUT2D eigenvalue weighted by Gasteiger charge is 2.30. The minimum atomic E-state index is -4.44. The molecule has 0 aliphatic carbocycles. The van der Waals surface area contributed by atoms with Crippen LogP contribution in [0.1, 0.15) is 5.56 Å². The van der Waals surface area contributed by atoms with Crippen LogP contribution < -0.4 is 5.56 Å². The summed E-state index contributed by atoms with van der Waals surface area (Å²) in [4.78, 5) is 14.3. The third-order valence-electron chi connectivity index (χ3n) is 2.43. The van der Waals surface area contributed by atoms with Crippen LogP contribution >= 0.6 is 12.2 Å². The molecule has 0 spiro atoms. The van der Waals surface area contributed by atoms with Crippen molar-refractivity contribution in [3.63, 3.8) is 0 Å². The molecule has 2 rings (SSSR count). The molecular weight excluding hydrogens is 253 g/mol. The van der Waals surface area contributed by atoms with Crippen LogP contribution in [-0.4, -0.2) is 9.55 Å². The van der Waals surface area contributed by atoms with Crippen LogP contribution in [0.4, 0.5) is 13.2 Å². The molecule has 0 radical (unpaired) electrons. The lowest BCUT2D eigenvalue weighted by atomic mass is 10.1. The maximum atomic E-state index is 12.5. The summed E-state index contributed by atoms with van der Waals surface area (Å²) in [6, 6.07) is 2.90. The van der Waals surface area contributed by atoms with Crippen molar-refractivity contribution in [3.05, 3.63) is 38.9 Å². The number of H-pyrrole nitrogens is 1. The Morgan fingerprint density at radius 2 is 2.00 bits per heavy atom. The molecule has 0 amide bonds. The molecule has 1 aromatic carbocycles. The van der Waals surface area contributed by atoms with Crippen LogP contribution in [0.5, 0.6) is 0 Å². The van der Waals surface area contributed by atoms with Crippen LogP contribution in [0.15, 0.2) is 23.0 Å². The van der Waals surface area contributed by atoms with Gasteiger partial charge in [0.15, 0.2) is 4.77 Å². The van der Waals surface area contributed by atoms with E-state index in [1.165, 1.54) is 11.6 Å². The van der Waals surface area contributed by atoms with Crippen molar-refractivity contribution in [2.75, 3.05) is 0 Å². The fraction of sp³-hybridized carbons (Fsp3) is 0.200. The van der Waals surface area contributed by atoms with Gasteiger partial charge in [-0.2, -0.15) is 13.2 Å². The van der Waals surface area contributed by atoms with Crippen molar-refractivity contribution in [1.82, 2.24) is 9.55 Å². The fourth-order valence-corrected chi connectivity index (χ4v) is 1.68. The van der Waals surface area contributed by atoms with E-state index in [1.54, 1.807) is 0 Å². The molecule has 0 bridgehead atoms. The second kappa shape index (κ2) is 3.69. The Morgan fingerprint density at radius 3 is 2.59 bits per heavy atom. The molecule has 0 unspecified atom stereocenters. The van der Waals surface area contributed by atoms with Crippen LogP contribution in [0, 0.1) is 4.77 Å². The van der Waals surface area contributed by atoms with E-state index < -0.39 is 17.3 Å². The van der Waals surface area contributed by atoms with E-state index in [1.807, 2.05) is 0 Å². The lowest BCUT2D eigenvalue weighted by Gasteiger charge is -2.08. The summed E-state index contributed by atoms with van der Waals surface area (Å²) < 4.78 is 38.7. The normalized spacial score (nSPS) is 12.0. The average Bonchev–Trinajstić information content (AvgIpc) is 2.24. The van der Waals surface area contributed by atoms with Crippen molar-refractivity contribution in [1.29, 1.82) is 0 Å². The predicted molar refractivity (Wildman–Crippen MR) is 59.4 cm³/mol. The summed E-state index contributed by atoms with van der Waals surface area (Å²) in [6.45, 7) is 0. The van der Waals surface area contributed by atoms with Gasteiger partial charge in [0.25, 0.3) is 5.56 Å². The van der Waals surface area contributed by atoms with Gasteiger partial charge in [-0.1, -0.05) is 0 Å². The average molecular weight is 260 g/mol. The van der Waals surface area contributed by atoms with Crippen LogP contribution in [0.2, 0.25) is 0 Å². The van der Waals surface area contributed by atoms with Gasteiger partial charge in [-0.15, -0.1) is 0 Å². The van der Waals surface area contributed by atoms with Gasteiger partial charge in [0.2, 0.25) is 0 Å². The highest BCUT2D eigenvalue weighted by atomic mass is 32.1. The quantitative estimate of drug-likeness (QED) is 0.739. The molecule has 17 heavy (non-hydrogen) atoms. The minimum Gasteiger partial charge on any atom is -0.332 e. The Hall–Kier alpha value is -1.63. The third-order valence-corrected chi connectivity index (χ3v) is 2.80. The maximum Gasteiger partial charge on any atom is 0.416 e. The van der Waals surface area contributed by atoms with Gasteiger partial charge in [-0.05, 0) is 30.4 Å². The molecular formula is C10H7F3N2OS. The van der Waals surface area contributed by atoms with E-state index in [0.717, 1.165) is 18.2 Å². The first-order valence-electron chi connectivity index (χ1n) is 4.61. The monoisotopic (exact) mass is 260 g/mol. The van der Waals surface area contributed by atoms with Gasteiger partial charge in [0.05, 0.1) is 16.5 Å². The Labute approximate surface area is 98.5 Å². The number of hydrogen-bond acceptors (Lipinski definition) is 2. The minimum absolute atomic E-state index is 0.0850. The molecule has 0 saturated carbocycles. The summed E-state index contributed by atoms with van der Waals surface area (Å²) in [5, 5.41) is 0.175. The van der Waals surface area contributed by atoms with E-state index in [9.17, 15) is 18.0 Å². The number of nitrogens with zero attached hydrogens (tertiary/aromatic N) is 1. The number of aromatic amines is 1. The van der Waals surface area contributed by atoms with E-state index >= 15 is 0 Å². The van der Waals surface area contributed by atoms with Gasteiger partial charge >= 0.3 is 6.18 Å². The molecule has 2 aromatic rings. The first-order chi connectivity index (χ1) is 7.80. The summed E-state index contributed by atoms with van der Waals surface area (Å²) in [7, 11) is 1.46. The number of nitrogens with one attached hydrogen (secondary N) is 1. The van der Waals surface area contributed by atoms with Gasteiger partial charge < -0.3 is 4.98 Å². The molecule has 1 heterocycles. The van der Waals surface area contributed by atoms with Crippen molar-refractivity contribution >= 4 is 23.1 Å². The molecule has 0 aliphatic heterocycles. The Balaban J connectivity index is 2.86. The number of benzene rings is 1. The molecule has 0 saturated heterocycles. The topological polar surface area (TPSA) is 37.8 Å². The van der Waals surface area contributed by atoms with E-state index in [4.69, 9.17) is 12.2 Å². The summed E-state index contributed by atoms with van der Waals surface area (Å²) in [5.74, 6) is 0. The standard InChI is InChI=1S/C10H7F3N2OS/c1-15-8(16)6-3-2-5(10(11,12)13)4-7(6)14-9(15)17/h2-4H,1H3,(H,14,17). The second-order valence-electron chi connectivity index (χ2n) is 3.55. The molecule has 90 valence electrons. The number of rotatable bonds is 0. The van der Waals surface area contributed by atoms with Crippen molar-refractivity contribution in [2.45, 2.75) is 6.18 Å². The summed E-state index contributed by atoms with van der Waals surface area (Å²) in [6.07, 6.45) is -4.44. The molecule has 1 N–H and O–H groups in total. The number of hydrogen-bond donors (Lipinski definition) is 1. The Morgan fingerprint density at radius 1 is 1.35 bits per heavy atom. The molecule has 0 fully saturated rings. The Kier molecular flexibility index (Phi) is 2.57. The zero-order valence-corrected chi connectivity index (χ0v) is 9.45. The van der Waals surface area contributed by atoms with Crippen molar-refractivity contribution in [3.8, 4) is 0 Å². The Bertz CT molecular complexity index is 699. The fourth-order valence-electron chi connectivity index (χ4n) is 1.48. The van der Waals surface area contributed by atoms with E-state index in [0.29, 0.717) is 0 Å². The van der Waals surface area contributed by atoms with Crippen LogP contribution in [0.3, 0.4) is 0 Å². The smallest absolute Gasteiger partial charge is 0.332 e. The zero-order valence-electron chi connectivity index (χ0n) is 8.63. The highest BCUT2D eigenvalue weighted by molar-refractivity contribution is 7.71. The van der Waals surface area contributed by atoms with E-state index in [2.05, 4.69) is 4.98 Å². The van der Waals surface area contributed by atoms with Crippen molar-refractivity contribution in [2.24, 2.45) is 7.05 Å². The van der Waals surface area contributed by atoms with E-state index in [-0.39, 0.29) is 15.7 Å². The third kappa shape index (κ3) is 1.97. The van der Waals surface area contributed by atoms with Gasteiger partial charge in [-0.3, -0.25) is 9.36 Å². The lowest BCUT2D eigenvalue weighted by molar-refractivity contribution is -0.137. The molecule has 0 atom stereocenters. The van der Waals surface area contributed by atoms with Crippen LogP contribution in [0.25, 0.3) is 10.9 Å². The molecule has 7 heteroatoms. The first kappa shape index (κ1) is 11.8. The largest absolute Gasteiger partial charge is 0.416 e. The van der Waals surface area contributed by atoms with Gasteiger partial charge in [0, 0.05) is 7.05 Å². The lowest BCUT2D eigenvalue weighted by Crippen LogP contribution is -2.19. The van der Waals surface area contributed by atoms with Crippen molar-refractivity contribution < 1.29 is 13.2 Å². The zero-order chi connectivity index (χ0) is 12.8. The number of aromatic nitrogens is 2. The predicted octanol–water partition coefficient (Wildman–Crippen LogP) is 2.61. The van der Waals surface area contributed by atoms with Gasteiger partial charge in [-0.25, -0.2) is 0 Å². The molecule has 1 aromatic heterocycles. The summed E-state index contributed by atoms with van der Waals surface area (Å²) in [5.41, 5.74) is -1.14. The second-order valence-corrected chi connectivity index (χ2v) is 3.94. The van der Waals surface area contributed by atoms with Crippen LogP contribution in [-0.2, 0) is 13.2 Å². The van der Waals surface area contributed by atoms with Gasteiger partial charge in [0.1, 0.15) is 0 Å². The number of fused-ring (bicyclic) bond motifs is 1. The number of halogens is 3. The molecule has 3 nitrogen and oxygen atoms in total. The first-order valence-corrected chi connectivity index (χ1v) is 5.02. The SMILES string of the molecule is Cn1c(=S)[nH]c2cc(C(F)(F)F)ccc2c1=O. The highest BCUT2D eigenvalue weighted by Crippen LogP contribution is 2.30. The summed E-state index contributed by atoms with van der Waals surface area (Å²) >= 11 is 4.83. The molecule has 0 aliphatic rings. The maximum absolute atomic E-state index is 12.5.